The lowest BCUT2D eigenvalue weighted by atomic mass is 10.2. The normalized spacial score (nSPS) is 10.5. The van der Waals surface area contributed by atoms with Gasteiger partial charge >= 0.3 is 0 Å². The summed E-state index contributed by atoms with van der Waals surface area (Å²) in [5.41, 5.74) is 2.56. The zero-order valence-electron chi connectivity index (χ0n) is 11.7. The van der Waals surface area contributed by atoms with E-state index in [-0.39, 0.29) is 11.6 Å². The minimum absolute atomic E-state index is 0.200. The number of anilines is 1. The van der Waals surface area contributed by atoms with Crippen molar-refractivity contribution in [2.24, 2.45) is 0 Å². The first kappa shape index (κ1) is 14.3. The van der Waals surface area contributed by atoms with Crippen LogP contribution in [0.4, 0.5) is 5.69 Å². The Hall–Kier alpha value is -2.66. The smallest absolute Gasteiger partial charge is 0.277 e. The first-order valence-corrected chi connectivity index (χ1v) is 6.96. The van der Waals surface area contributed by atoms with Crippen LogP contribution in [0.15, 0.2) is 53.3 Å². The van der Waals surface area contributed by atoms with Crippen molar-refractivity contribution < 1.29 is 9.32 Å². The van der Waals surface area contributed by atoms with Gasteiger partial charge in [0.25, 0.3) is 5.91 Å². The molecule has 3 aromatic rings. The molecule has 22 heavy (non-hydrogen) atoms. The molecular formula is C16H12ClN3O2. The third kappa shape index (κ3) is 2.99. The van der Waals surface area contributed by atoms with E-state index >= 15 is 0 Å². The molecule has 0 spiro atoms. The van der Waals surface area contributed by atoms with Gasteiger partial charge in [0, 0.05) is 34.7 Å². The minimum atomic E-state index is -0.352. The maximum absolute atomic E-state index is 12.2. The highest BCUT2D eigenvalue weighted by Crippen LogP contribution is 2.22. The molecular weight excluding hydrogens is 302 g/mol. The lowest BCUT2D eigenvalue weighted by Gasteiger charge is -2.06. The van der Waals surface area contributed by atoms with Gasteiger partial charge in [0.05, 0.1) is 0 Å². The van der Waals surface area contributed by atoms with Gasteiger partial charge in [0.1, 0.15) is 0 Å². The van der Waals surface area contributed by atoms with E-state index in [4.69, 9.17) is 16.1 Å². The second-order valence-corrected chi connectivity index (χ2v) is 5.16. The summed E-state index contributed by atoms with van der Waals surface area (Å²) < 4.78 is 5.20. The lowest BCUT2D eigenvalue weighted by molar-refractivity contribution is 0.101. The van der Waals surface area contributed by atoms with Gasteiger partial charge in [0.2, 0.25) is 0 Å². The van der Waals surface area contributed by atoms with Crippen LogP contribution in [-0.2, 0) is 0 Å². The summed E-state index contributed by atoms with van der Waals surface area (Å²) in [6.07, 6.45) is 3.29. The number of nitrogens with one attached hydrogen (secondary N) is 1. The Labute approximate surface area is 131 Å². The largest absolute Gasteiger partial charge is 0.355 e. The maximum atomic E-state index is 12.2. The monoisotopic (exact) mass is 313 g/mol. The zero-order chi connectivity index (χ0) is 15.5. The fourth-order valence-corrected chi connectivity index (χ4v) is 2.12. The summed E-state index contributed by atoms with van der Waals surface area (Å²) in [6.45, 7) is 1.89. The number of hydrogen-bond donors (Lipinski definition) is 1. The van der Waals surface area contributed by atoms with Crippen molar-refractivity contribution in [1.82, 2.24) is 10.1 Å². The number of amides is 1. The molecule has 0 unspecified atom stereocenters. The van der Waals surface area contributed by atoms with Crippen molar-refractivity contribution in [2.45, 2.75) is 6.92 Å². The number of halogens is 1. The number of hydrogen-bond acceptors (Lipinski definition) is 4. The highest BCUT2D eigenvalue weighted by atomic mass is 35.5. The first-order valence-electron chi connectivity index (χ1n) is 6.58. The molecule has 0 aliphatic heterocycles. The second kappa shape index (κ2) is 5.99. The molecule has 2 aromatic heterocycles. The van der Waals surface area contributed by atoms with E-state index in [0.717, 1.165) is 11.1 Å². The average molecular weight is 314 g/mol. The molecule has 3 rings (SSSR count). The topological polar surface area (TPSA) is 68.0 Å². The maximum Gasteiger partial charge on any atom is 0.277 e. The van der Waals surface area contributed by atoms with E-state index in [2.05, 4.69) is 15.5 Å². The summed E-state index contributed by atoms with van der Waals surface area (Å²) in [7, 11) is 0. The van der Waals surface area contributed by atoms with Crippen LogP contribution in [0.25, 0.3) is 11.3 Å². The van der Waals surface area contributed by atoms with Gasteiger partial charge in [0.15, 0.2) is 11.5 Å². The Morgan fingerprint density at radius 2 is 1.95 bits per heavy atom. The summed E-state index contributed by atoms with van der Waals surface area (Å²) in [5, 5.41) is 7.13. The van der Waals surface area contributed by atoms with Crippen LogP contribution in [0.3, 0.4) is 0 Å². The van der Waals surface area contributed by atoms with Gasteiger partial charge < -0.3 is 9.84 Å². The van der Waals surface area contributed by atoms with Crippen LogP contribution in [-0.4, -0.2) is 16.0 Å². The molecule has 110 valence electrons. The molecule has 0 saturated carbocycles. The quantitative estimate of drug-likeness (QED) is 0.795. The Morgan fingerprint density at radius 1 is 1.18 bits per heavy atom. The van der Waals surface area contributed by atoms with Gasteiger partial charge in [-0.3, -0.25) is 9.78 Å². The number of carbonyl (C=O) groups is 1. The predicted octanol–water partition coefficient (Wildman–Crippen LogP) is 3.95. The van der Waals surface area contributed by atoms with Gasteiger partial charge in [-0.15, -0.1) is 0 Å². The molecule has 0 aliphatic carbocycles. The number of aromatic nitrogens is 2. The van der Waals surface area contributed by atoms with Crippen molar-refractivity contribution in [3.8, 4) is 11.3 Å². The standard InChI is InChI=1S/C16H12ClN3O2/c1-10-2-3-12(17)8-13(10)19-16(21)14-9-15(22-20-14)11-4-6-18-7-5-11/h2-9H,1H3,(H,19,21). The number of rotatable bonds is 3. The number of benzene rings is 1. The van der Waals surface area contributed by atoms with Gasteiger partial charge in [-0.1, -0.05) is 22.8 Å². The van der Waals surface area contributed by atoms with E-state index < -0.39 is 0 Å². The fourth-order valence-electron chi connectivity index (χ4n) is 1.95. The van der Waals surface area contributed by atoms with Crippen LogP contribution in [0.5, 0.6) is 0 Å². The highest BCUT2D eigenvalue weighted by molar-refractivity contribution is 6.31. The van der Waals surface area contributed by atoms with Crippen LogP contribution < -0.4 is 5.32 Å². The van der Waals surface area contributed by atoms with E-state index in [1.54, 1.807) is 42.7 Å². The molecule has 1 amide bonds. The minimum Gasteiger partial charge on any atom is -0.355 e. The van der Waals surface area contributed by atoms with Crippen molar-refractivity contribution in [1.29, 1.82) is 0 Å². The molecule has 0 bridgehead atoms. The van der Waals surface area contributed by atoms with Crippen molar-refractivity contribution >= 4 is 23.2 Å². The number of nitrogens with zero attached hydrogens (tertiary/aromatic N) is 2. The summed E-state index contributed by atoms with van der Waals surface area (Å²) in [5.74, 6) is 0.157. The van der Waals surface area contributed by atoms with Gasteiger partial charge in [-0.25, -0.2) is 0 Å². The third-order valence-corrected chi connectivity index (χ3v) is 3.39. The Kier molecular flexibility index (Phi) is 3.89. The molecule has 2 heterocycles. The molecule has 0 saturated heterocycles. The fraction of sp³-hybridized carbons (Fsp3) is 0.0625. The van der Waals surface area contributed by atoms with Gasteiger partial charge in [-0.05, 0) is 36.8 Å². The van der Waals surface area contributed by atoms with Crippen LogP contribution in [0.2, 0.25) is 5.02 Å². The molecule has 6 heteroatoms. The molecule has 5 nitrogen and oxygen atoms in total. The molecule has 0 radical (unpaired) electrons. The van der Waals surface area contributed by atoms with Crippen molar-refractivity contribution in [3.63, 3.8) is 0 Å². The average Bonchev–Trinajstić information content (AvgIpc) is 3.02. The van der Waals surface area contributed by atoms with Crippen molar-refractivity contribution in [2.75, 3.05) is 5.32 Å². The van der Waals surface area contributed by atoms with E-state index in [0.29, 0.717) is 16.5 Å². The number of carbonyl (C=O) groups excluding carboxylic acids is 1. The van der Waals surface area contributed by atoms with Crippen LogP contribution in [0, 0.1) is 6.92 Å². The van der Waals surface area contributed by atoms with Gasteiger partial charge in [-0.2, -0.15) is 0 Å². The van der Waals surface area contributed by atoms with E-state index in [1.807, 2.05) is 13.0 Å². The Morgan fingerprint density at radius 3 is 2.73 bits per heavy atom. The van der Waals surface area contributed by atoms with Crippen LogP contribution >= 0.6 is 11.6 Å². The van der Waals surface area contributed by atoms with E-state index in [9.17, 15) is 4.79 Å². The Balaban J connectivity index is 1.81. The summed E-state index contributed by atoms with van der Waals surface area (Å²) in [6, 6.07) is 10.4. The Bertz CT molecular complexity index is 815. The molecule has 1 N–H and O–H groups in total. The third-order valence-electron chi connectivity index (χ3n) is 3.16. The first-order chi connectivity index (χ1) is 10.6. The van der Waals surface area contributed by atoms with Crippen molar-refractivity contribution in [3.05, 3.63) is 65.1 Å². The lowest BCUT2D eigenvalue weighted by Crippen LogP contribution is -2.13. The summed E-state index contributed by atoms with van der Waals surface area (Å²) in [4.78, 5) is 16.2. The second-order valence-electron chi connectivity index (χ2n) is 4.73. The number of pyridine rings is 1. The van der Waals surface area contributed by atoms with E-state index in [1.165, 1.54) is 0 Å². The zero-order valence-corrected chi connectivity index (χ0v) is 12.5. The molecule has 0 atom stereocenters. The number of aryl methyl sites for hydroxylation is 1. The molecule has 0 fully saturated rings. The highest BCUT2D eigenvalue weighted by Gasteiger charge is 2.14. The SMILES string of the molecule is Cc1ccc(Cl)cc1NC(=O)c1cc(-c2ccncc2)on1. The van der Waals surface area contributed by atoms with Crippen LogP contribution in [0.1, 0.15) is 16.1 Å². The predicted molar refractivity (Wildman–Crippen MR) is 83.9 cm³/mol. The summed E-state index contributed by atoms with van der Waals surface area (Å²) >= 11 is 5.94. The molecule has 1 aromatic carbocycles. The molecule has 0 aliphatic rings.